The van der Waals surface area contributed by atoms with Crippen molar-refractivity contribution in [1.82, 2.24) is 14.9 Å². The Bertz CT molecular complexity index is 1860. The van der Waals surface area contributed by atoms with E-state index in [0.717, 1.165) is 12.1 Å². The Kier molecular flexibility index (Phi) is 9.43. The van der Waals surface area contributed by atoms with E-state index in [1.807, 2.05) is 11.9 Å². The molecule has 0 bridgehead atoms. The number of aliphatic hydroxyl groups excluding tert-OH is 1. The molecule has 3 heterocycles. The van der Waals surface area contributed by atoms with Crippen molar-refractivity contribution in [2.75, 3.05) is 57.6 Å². The molecule has 1 fully saturated rings. The average molecular weight is 687 g/mol. The Balaban J connectivity index is 1.88. The fraction of sp³-hybridized carbons (Fsp3) is 0.433. The van der Waals surface area contributed by atoms with Crippen LogP contribution in [0.1, 0.15) is 30.0 Å². The number of alkyl halides is 6. The minimum atomic E-state index is -5.46. The minimum absolute atomic E-state index is 0.0513. The molecule has 1 aliphatic rings. The van der Waals surface area contributed by atoms with E-state index in [1.54, 1.807) is 20.1 Å². The second-order valence-electron chi connectivity index (χ2n) is 10.9. The first-order chi connectivity index (χ1) is 22.1. The maximum absolute atomic E-state index is 15.3. The highest BCUT2D eigenvalue weighted by molar-refractivity contribution is 7.23. The summed E-state index contributed by atoms with van der Waals surface area (Å²) in [6, 6.07) is 2.92. The zero-order valence-electron chi connectivity index (χ0n) is 25.3. The van der Waals surface area contributed by atoms with Gasteiger partial charge in [0, 0.05) is 49.1 Å². The molecule has 0 amide bonds. The van der Waals surface area contributed by atoms with Crippen LogP contribution in [0.3, 0.4) is 0 Å². The number of halogens is 7. The van der Waals surface area contributed by atoms with Crippen LogP contribution in [0, 0.1) is 17.1 Å². The molecule has 17 heteroatoms. The smallest absolute Gasteiger partial charge is 0.419 e. The summed E-state index contributed by atoms with van der Waals surface area (Å²) < 4.78 is 116. The summed E-state index contributed by atoms with van der Waals surface area (Å²) in [6.07, 6.45) is -10.4. The number of nitriles is 1. The van der Waals surface area contributed by atoms with E-state index in [-0.39, 0.29) is 47.4 Å². The first-order valence-corrected chi connectivity index (χ1v) is 15.1. The molecule has 47 heavy (non-hydrogen) atoms. The molecule has 0 aliphatic carbocycles. The van der Waals surface area contributed by atoms with E-state index < -0.39 is 74.9 Å². The van der Waals surface area contributed by atoms with Crippen molar-refractivity contribution in [3.8, 4) is 23.2 Å². The average Bonchev–Trinajstić information content (AvgIpc) is 3.55. The first kappa shape index (κ1) is 34.4. The van der Waals surface area contributed by atoms with Gasteiger partial charge in [0.15, 0.2) is 0 Å². The van der Waals surface area contributed by atoms with Crippen LogP contribution in [-0.4, -0.2) is 79.1 Å². The predicted octanol–water partition coefficient (Wildman–Crippen LogP) is 6.06. The molecule has 2 aromatic heterocycles. The van der Waals surface area contributed by atoms with Crippen LogP contribution in [0.2, 0.25) is 0 Å². The van der Waals surface area contributed by atoms with Gasteiger partial charge in [-0.1, -0.05) is 6.07 Å². The molecule has 9 nitrogen and oxygen atoms in total. The standard InChI is InChI=1S/C30H29F7N6O3S/c1-4-43(7-8-44)27-17-10-19(29(32,33)34)22(16-5-6-20(31)25-21(16)18(11-38)26(39)47-25)23(30(35,36)37)24(17)40-28(41-27)46-13-14-9-15(45-3)12-42(14)2/h5-6,10,14-15,44H,4,7-9,12-13,39H2,1-3H3/t14-,15+/m0/s1. The van der Waals surface area contributed by atoms with Crippen LogP contribution >= 0.6 is 11.3 Å². The van der Waals surface area contributed by atoms with Crippen LogP contribution in [0.4, 0.5) is 41.6 Å². The predicted molar refractivity (Wildman–Crippen MR) is 162 cm³/mol. The van der Waals surface area contributed by atoms with Crippen LogP contribution in [-0.2, 0) is 17.1 Å². The highest BCUT2D eigenvalue weighted by atomic mass is 32.1. The molecule has 2 atom stereocenters. The van der Waals surface area contributed by atoms with Gasteiger partial charge in [0.2, 0.25) is 0 Å². The Morgan fingerprint density at radius 3 is 2.49 bits per heavy atom. The van der Waals surface area contributed by atoms with Gasteiger partial charge in [-0.3, -0.25) is 4.90 Å². The zero-order valence-corrected chi connectivity index (χ0v) is 26.1. The Morgan fingerprint density at radius 1 is 1.19 bits per heavy atom. The Hall–Kier alpha value is -3.98. The van der Waals surface area contributed by atoms with E-state index in [1.165, 1.54) is 4.90 Å². The van der Waals surface area contributed by atoms with Crippen LogP contribution in [0.5, 0.6) is 6.01 Å². The molecule has 252 valence electrons. The molecular weight excluding hydrogens is 657 g/mol. The molecule has 3 N–H and O–H groups in total. The van der Waals surface area contributed by atoms with Crippen molar-refractivity contribution in [2.45, 2.75) is 37.8 Å². The third-order valence-corrected chi connectivity index (χ3v) is 9.20. The number of likely N-dealkylation sites (tertiary alicyclic amines) is 1. The van der Waals surface area contributed by atoms with Gasteiger partial charge in [0.05, 0.1) is 39.6 Å². The minimum Gasteiger partial charge on any atom is -0.462 e. The van der Waals surface area contributed by atoms with Crippen LogP contribution in [0.15, 0.2) is 18.2 Å². The van der Waals surface area contributed by atoms with Crippen LogP contribution < -0.4 is 15.4 Å². The summed E-state index contributed by atoms with van der Waals surface area (Å²) in [5.74, 6) is -1.29. The second-order valence-corrected chi connectivity index (χ2v) is 12.0. The number of fused-ring (bicyclic) bond motifs is 2. The summed E-state index contributed by atoms with van der Waals surface area (Å²) in [4.78, 5) is 11.5. The fourth-order valence-corrected chi connectivity index (χ4v) is 6.87. The number of nitrogens with zero attached hydrogens (tertiary/aromatic N) is 5. The lowest BCUT2D eigenvalue weighted by Gasteiger charge is -2.27. The van der Waals surface area contributed by atoms with E-state index in [9.17, 15) is 27.9 Å². The van der Waals surface area contributed by atoms with Gasteiger partial charge in [-0.2, -0.15) is 41.6 Å². The molecule has 0 saturated carbocycles. The van der Waals surface area contributed by atoms with Gasteiger partial charge >= 0.3 is 18.4 Å². The van der Waals surface area contributed by atoms with Gasteiger partial charge in [-0.25, -0.2) is 4.39 Å². The van der Waals surface area contributed by atoms with E-state index in [4.69, 9.17) is 15.2 Å². The number of aromatic nitrogens is 2. The van der Waals surface area contributed by atoms with E-state index in [2.05, 4.69) is 9.97 Å². The summed E-state index contributed by atoms with van der Waals surface area (Å²) in [7, 11) is 3.36. The van der Waals surface area contributed by atoms with Gasteiger partial charge in [0.1, 0.15) is 29.3 Å². The molecule has 0 radical (unpaired) electrons. The lowest BCUT2D eigenvalue weighted by atomic mass is 9.88. The van der Waals surface area contributed by atoms with Crippen molar-refractivity contribution in [2.24, 2.45) is 0 Å². The first-order valence-electron chi connectivity index (χ1n) is 14.3. The molecule has 2 aromatic carbocycles. The fourth-order valence-electron chi connectivity index (χ4n) is 5.92. The summed E-state index contributed by atoms with van der Waals surface area (Å²) in [5.41, 5.74) is -1.05. The third-order valence-electron chi connectivity index (χ3n) is 8.18. The van der Waals surface area contributed by atoms with Crippen LogP contribution in [0.25, 0.3) is 32.1 Å². The topological polar surface area (TPSA) is 121 Å². The van der Waals surface area contributed by atoms with Crippen molar-refractivity contribution in [1.29, 1.82) is 5.26 Å². The Labute approximate surface area is 267 Å². The maximum Gasteiger partial charge on any atom is 0.419 e. The number of rotatable bonds is 9. The molecule has 1 saturated heterocycles. The quantitative estimate of drug-likeness (QED) is 0.203. The van der Waals surface area contributed by atoms with Gasteiger partial charge in [0.25, 0.3) is 0 Å². The number of nitrogens with two attached hydrogens (primary N) is 1. The third kappa shape index (κ3) is 6.34. The normalized spacial score (nSPS) is 17.5. The highest BCUT2D eigenvalue weighted by Crippen LogP contribution is 2.52. The van der Waals surface area contributed by atoms with Crippen molar-refractivity contribution in [3.63, 3.8) is 0 Å². The molecule has 4 aromatic rings. The lowest BCUT2D eigenvalue weighted by Crippen LogP contribution is -2.31. The van der Waals surface area contributed by atoms with E-state index in [0.29, 0.717) is 30.4 Å². The van der Waals surface area contributed by atoms with Crippen molar-refractivity contribution < 1.29 is 45.3 Å². The number of benzene rings is 2. The van der Waals surface area contributed by atoms with Crippen molar-refractivity contribution >= 4 is 43.1 Å². The number of aliphatic hydroxyl groups is 1. The highest BCUT2D eigenvalue weighted by Gasteiger charge is 2.45. The molecular formula is C30H29F7N6O3S. The number of hydrogen-bond acceptors (Lipinski definition) is 10. The second kappa shape index (κ2) is 12.9. The SMILES string of the molecule is CCN(CCO)c1nc(OC[C@@H]2C[C@@H](OC)CN2C)nc2c(C(F)(F)F)c(-c3ccc(F)c4sc(N)c(C#N)c34)c(C(F)(F)F)cc12. The summed E-state index contributed by atoms with van der Waals surface area (Å²) in [5, 5.41) is 18.1. The monoisotopic (exact) mass is 686 g/mol. The van der Waals surface area contributed by atoms with Gasteiger partial charge in [-0.15, -0.1) is 11.3 Å². The summed E-state index contributed by atoms with van der Waals surface area (Å²) >= 11 is 0.536. The number of hydrogen-bond donors (Lipinski definition) is 2. The Morgan fingerprint density at radius 2 is 1.91 bits per heavy atom. The van der Waals surface area contributed by atoms with E-state index >= 15 is 13.2 Å². The number of methoxy groups -OCH3 is 1. The maximum atomic E-state index is 15.3. The molecule has 1 aliphatic heterocycles. The summed E-state index contributed by atoms with van der Waals surface area (Å²) in [6.45, 7) is 1.48. The number of ether oxygens (including phenoxy) is 2. The molecule has 5 rings (SSSR count). The number of nitrogen functional groups attached to an aromatic ring is 1. The van der Waals surface area contributed by atoms with Crippen molar-refractivity contribution in [3.05, 3.63) is 40.7 Å². The largest absolute Gasteiger partial charge is 0.462 e. The lowest BCUT2D eigenvalue weighted by molar-refractivity contribution is -0.141. The number of likely N-dealkylation sites (N-methyl/N-ethyl adjacent to an activating group) is 2. The molecule has 0 spiro atoms. The molecule has 0 unspecified atom stereocenters. The number of thiophene rings is 1. The van der Waals surface area contributed by atoms with Gasteiger partial charge < -0.3 is 25.2 Å². The zero-order chi connectivity index (χ0) is 34.4. The van der Waals surface area contributed by atoms with Gasteiger partial charge in [-0.05, 0) is 38.1 Å². The number of anilines is 2.